The number of nitro groups is 1. The van der Waals surface area contributed by atoms with Crippen LogP contribution in [-0.4, -0.2) is 51.1 Å². The molecule has 0 unspecified atom stereocenters. The summed E-state index contributed by atoms with van der Waals surface area (Å²) in [7, 11) is 0. The minimum atomic E-state index is -0.672. The molecular weight excluding hydrogens is 268 g/mol. The molecule has 2 rings (SSSR count). The smallest absolute Gasteiger partial charge is 0.389 e. The molecule has 1 aromatic heterocycles. The molecule has 1 fully saturated rings. The van der Waals surface area contributed by atoms with Crippen molar-refractivity contribution in [2.45, 2.75) is 24.9 Å². The number of hydrogen-bond donors (Lipinski definition) is 2. The van der Waals surface area contributed by atoms with E-state index in [1.807, 2.05) is 0 Å². The van der Waals surface area contributed by atoms with Crippen LogP contribution in [0.5, 0.6) is 0 Å². The van der Waals surface area contributed by atoms with Gasteiger partial charge in [-0.2, -0.15) is 4.68 Å². The van der Waals surface area contributed by atoms with Gasteiger partial charge in [0.1, 0.15) is 6.54 Å². The lowest BCUT2D eigenvalue weighted by molar-refractivity contribution is -0.389. The summed E-state index contributed by atoms with van der Waals surface area (Å²) >= 11 is 0. The van der Waals surface area contributed by atoms with Gasteiger partial charge in [0, 0.05) is 13.2 Å². The molecule has 1 amide bonds. The molecule has 110 valence electrons. The summed E-state index contributed by atoms with van der Waals surface area (Å²) in [6.07, 6.45) is 2.44. The third-order valence-electron chi connectivity index (χ3n) is 3.28. The molecular formula is C11H16N4O5. The second kappa shape index (κ2) is 5.97. The Balaban J connectivity index is 1.95. The Morgan fingerprint density at radius 1 is 1.60 bits per heavy atom. The number of aromatic nitrogens is 2. The number of aliphatic hydroxyl groups is 1. The first-order valence-corrected chi connectivity index (χ1v) is 6.22. The van der Waals surface area contributed by atoms with Crippen LogP contribution in [0.1, 0.15) is 12.8 Å². The molecule has 2 heterocycles. The van der Waals surface area contributed by atoms with Crippen LogP contribution < -0.4 is 5.32 Å². The second-order valence-corrected chi connectivity index (χ2v) is 4.73. The van der Waals surface area contributed by atoms with E-state index in [0.717, 1.165) is 0 Å². The number of aliphatic hydroxyl groups excluding tert-OH is 1. The fourth-order valence-electron chi connectivity index (χ4n) is 2.10. The largest absolute Gasteiger partial charge is 0.394 e. The van der Waals surface area contributed by atoms with E-state index in [4.69, 9.17) is 4.74 Å². The van der Waals surface area contributed by atoms with Gasteiger partial charge in [0.2, 0.25) is 5.91 Å². The fourth-order valence-corrected chi connectivity index (χ4v) is 2.10. The van der Waals surface area contributed by atoms with Crippen molar-refractivity contribution < 1.29 is 19.6 Å². The van der Waals surface area contributed by atoms with E-state index in [2.05, 4.69) is 10.4 Å². The van der Waals surface area contributed by atoms with Crippen LogP contribution in [0.4, 0.5) is 5.82 Å². The van der Waals surface area contributed by atoms with E-state index in [0.29, 0.717) is 26.1 Å². The molecule has 0 aromatic carbocycles. The molecule has 1 aliphatic heterocycles. The van der Waals surface area contributed by atoms with Gasteiger partial charge in [0.05, 0.1) is 29.5 Å². The first-order valence-electron chi connectivity index (χ1n) is 6.22. The second-order valence-electron chi connectivity index (χ2n) is 4.73. The van der Waals surface area contributed by atoms with Crippen molar-refractivity contribution in [3.63, 3.8) is 0 Å². The maximum absolute atomic E-state index is 11.9. The highest BCUT2D eigenvalue weighted by molar-refractivity contribution is 5.76. The number of hydrogen-bond acceptors (Lipinski definition) is 6. The lowest BCUT2D eigenvalue weighted by Crippen LogP contribution is -2.55. The minimum Gasteiger partial charge on any atom is -0.394 e. The minimum absolute atomic E-state index is 0.129. The van der Waals surface area contributed by atoms with E-state index in [-0.39, 0.29) is 24.9 Å². The maximum Gasteiger partial charge on any atom is 0.389 e. The molecule has 1 aliphatic rings. The zero-order chi connectivity index (χ0) is 14.6. The molecule has 9 nitrogen and oxygen atoms in total. The van der Waals surface area contributed by atoms with Crippen LogP contribution in [0.2, 0.25) is 0 Å². The summed E-state index contributed by atoms with van der Waals surface area (Å²) in [5, 5.41) is 26.4. The number of carbonyl (C=O) groups excluding carboxylic acids is 1. The molecule has 0 spiro atoms. The van der Waals surface area contributed by atoms with Crippen molar-refractivity contribution in [3.8, 4) is 0 Å². The van der Waals surface area contributed by atoms with Crippen molar-refractivity contribution >= 4 is 11.7 Å². The lowest BCUT2D eigenvalue weighted by Gasteiger charge is -2.36. The molecule has 0 radical (unpaired) electrons. The normalized spacial score (nSPS) is 17.6. The first-order chi connectivity index (χ1) is 9.54. The topological polar surface area (TPSA) is 120 Å². The van der Waals surface area contributed by atoms with Crippen LogP contribution in [0, 0.1) is 10.1 Å². The zero-order valence-electron chi connectivity index (χ0n) is 10.8. The van der Waals surface area contributed by atoms with Gasteiger partial charge >= 0.3 is 5.82 Å². The molecule has 0 aliphatic carbocycles. The fraction of sp³-hybridized carbons (Fsp3) is 0.636. The van der Waals surface area contributed by atoms with Crippen molar-refractivity contribution in [1.29, 1.82) is 0 Å². The van der Waals surface area contributed by atoms with Crippen molar-refractivity contribution in [3.05, 3.63) is 22.4 Å². The third kappa shape index (κ3) is 3.31. The standard InChI is InChI=1S/C11H16N4O5/c16-8-11(2-5-20-6-3-11)12-10(17)7-14-4-1-9(13-14)15(18)19/h1,4,16H,2-3,5-8H2,(H,12,17). The number of rotatable bonds is 5. The monoisotopic (exact) mass is 284 g/mol. The summed E-state index contributed by atoms with van der Waals surface area (Å²) in [4.78, 5) is 21.8. The number of ether oxygens (including phenoxy) is 1. The molecule has 20 heavy (non-hydrogen) atoms. The maximum atomic E-state index is 11.9. The van der Waals surface area contributed by atoms with Gasteiger partial charge in [-0.1, -0.05) is 0 Å². The average Bonchev–Trinajstić information content (AvgIpc) is 2.88. The van der Waals surface area contributed by atoms with Crippen molar-refractivity contribution in [1.82, 2.24) is 15.1 Å². The highest BCUT2D eigenvalue weighted by Crippen LogP contribution is 2.20. The molecule has 0 atom stereocenters. The van der Waals surface area contributed by atoms with Crippen LogP contribution in [0.25, 0.3) is 0 Å². The summed E-state index contributed by atoms with van der Waals surface area (Å²) in [5.74, 6) is -0.653. The molecule has 1 saturated heterocycles. The Bertz CT molecular complexity index is 495. The SMILES string of the molecule is O=C(Cn1ccc([N+](=O)[O-])n1)NC1(CO)CCOCC1. The molecule has 0 bridgehead atoms. The number of carbonyl (C=O) groups is 1. The zero-order valence-corrected chi connectivity index (χ0v) is 10.8. The molecule has 1 aromatic rings. The number of nitrogens with zero attached hydrogens (tertiary/aromatic N) is 3. The molecule has 9 heteroatoms. The lowest BCUT2D eigenvalue weighted by atomic mass is 9.91. The Kier molecular flexibility index (Phi) is 4.30. The van der Waals surface area contributed by atoms with Crippen LogP contribution in [-0.2, 0) is 16.1 Å². The Morgan fingerprint density at radius 3 is 2.85 bits per heavy atom. The number of amides is 1. The third-order valence-corrected chi connectivity index (χ3v) is 3.28. The van der Waals surface area contributed by atoms with Gasteiger partial charge in [0.15, 0.2) is 0 Å². The quantitative estimate of drug-likeness (QED) is 0.553. The number of nitrogens with one attached hydrogen (secondary N) is 1. The van der Waals surface area contributed by atoms with Crippen LogP contribution >= 0.6 is 0 Å². The molecule has 2 N–H and O–H groups in total. The predicted octanol–water partition coefficient (Wildman–Crippen LogP) is -0.551. The average molecular weight is 284 g/mol. The van der Waals surface area contributed by atoms with Gasteiger partial charge in [-0.25, -0.2) is 0 Å². The van der Waals surface area contributed by atoms with Crippen LogP contribution in [0.3, 0.4) is 0 Å². The predicted molar refractivity (Wildman–Crippen MR) is 66.9 cm³/mol. The van der Waals surface area contributed by atoms with Gasteiger partial charge in [-0.3, -0.25) is 4.79 Å². The first kappa shape index (κ1) is 14.4. The van der Waals surface area contributed by atoms with Crippen molar-refractivity contribution in [2.24, 2.45) is 0 Å². The van der Waals surface area contributed by atoms with E-state index < -0.39 is 10.5 Å². The summed E-state index contributed by atoms with van der Waals surface area (Å²) in [6, 6.07) is 1.23. The van der Waals surface area contributed by atoms with Gasteiger partial charge < -0.3 is 25.3 Å². The highest BCUT2D eigenvalue weighted by Gasteiger charge is 2.33. The van der Waals surface area contributed by atoms with Crippen LogP contribution in [0.15, 0.2) is 12.3 Å². The van der Waals surface area contributed by atoms with Gasteiger partial charge in [0.25, 0.3) is 0 Å². The van der Waals surface area contributed by atoms with E-state index in [1.54, 1.807) is 0 Å². The van der Waals surface area contributed by atoms with E-state index >= 15 is 0 Å². The van der Waals surface area contributed by atoms with Gasteiger partial charge in [-0.15, -0.1) is 0 Å². The Hall–Kier alpha value is -2.00. The Morgan fingerprint density at radius 2 is 2.30 bits per heavy atom. The summed E-state index contributed by atoms with van der Waals surface area (Å²) < 4.78 is 6.39. The summed E-state index contributed by atoms with van der Waals surface area (Å²) in [5.41, 5.74) is -0.672. The molecule has 0 saturated carbocycles. The summed E-state index contributed by atoms with van der Waals surface area (Å²) in [6.45, 7) is 0.667. The highest BCUT2D eigenvalue weighted by atomic mass is 16.6. The van der Waals surface area contributed by atoms with E-state index in [9.17, 15) is 20.0 Å². The Labute approximate surface area is 114 Å². The van der Waals surface area contributed by atoms with Crippen molar-refractivity contribution in [2.75, 3.05) is 19.8 Å². The van der Waals surface area contributed by atoms with E-state index in [1.165, 1.54) is 16.9 Å². The van der Waals surface area contributed by atoms with Gasteiger partial charge in [-0.05, 0) is 17.8 Å².